The fourth-order valence-corrected chi connectivity index (χ4v) is 2.14. The second-order valence-corrected chi connectivity index (χ2v) is 4.77. The quantitative estimate of drug-likeness (QED) is 0.644. The molecule has 0 aliphatic rings. The molecule has 0 aliphatic heterocycles. The Hall–Kier alpha value is -1.29. The Balaban J connectivity index is 2.30. The van der Waals surface area contributed by atoms with Crippen LogP contribution in [0, 0.1) is 0 Å². The van der Waals surface area contributed by atoms with Crippen molar-refractivity contribution in [2.45, 2.75) is 0 Å². The number of furan rings is 1. The monoisotopic (exact) mass is 298 g/mol. The molecule has 0 unspecified atom stereocenters. The van der Waals surface area contributed by atoms with Crippen molar-refractivity contribution in [1.82, 2.24) is 9.97 Å². The largest absolute Gasteiger partial charge is 0.463 e. The molecule has 0 radical (unpaired) electrons. The van der Waals surface area contributed by atoms with E-state index in [1.54, 1.807) is 30.5 Å². The molecule has 0 aliphatic carbocycles. The van der Waals surface area contributed by atoms with E-state index in [1.807, 2.05) is 0 Å². The molecule has 0 spiro atoms. The van der Waals surface area contributed by atoms with Crippen LogP contribution in [0.5, 0.6) is 0 Å². The molecule has 0 atom stereocenters. The SMILES string of the molecule is Clc1cc2nc(Cl)c(-c3ccco3)nc2cc1Cl. The van der Waals surface area contributed by atoms with Gasteiger partial charge in [-0.15, -0.1) is 0 Å². The topological polar surface area (TPSA) is 38.9 Å². The van der Waals surface area contributed by atoms with Gasteiger partial charge in [0, 0.05) is 0 Å². The van der Waals surface area contributed by atoms with Crippen molar-refractivity contribution in [3.8, 4) is 11.5 Å². The van der Waals surface area contributed by atoms with Crippen LogP contribution in [0.3, 0.4) is 0 Å². The van der Waals surface area contributed by atoms with Crippen LogP contribution in [0.15, 0.2) is 34.9 Å². The van der Waals surface area contributed by atoms with E-state index in [9.17, 15) is 0 Å². The number of hydrogen-bond acceptors (Lipinski definition) is 3. The first-order chi connectivity index (χ1) is 8.65. The lowest BCUT2D eigenvalue weighted by molar-refractivity contribution is 0.580. The van der Waals surface area contributed by atoms with Crippen molar-refractivity contribution in [3.05, 3.63) is 45.7 Å². The smallest absolute Gasteiger partial charge is 0.159 e. The van der Waals surface area contributed by atoms with Crippen molar-refractivity contribution < 1.29 is 4.42 Å². The maximum absolute atomic E-state index is 6.08. The van der Waals surface area contributed by atoms with E-state index in [2.05, 4.69) is 9.97 Å². The lowest BCUT2D eigenvalue weighted by atomic mass is 10.2. The van der Waals surface area contributed by atoms with Gasteiger partial charge < -0.3 is 4.42 Å². The maximum Gasteiger partial charge on any atom is 0.159 e. The second kappa shape index (κ2) is 4.43. The van der Waals surface area contributed by atoms with Gasteiger partial charge in [-0.2, -0.15) is 0 Å². The average molecular weight is 300 g/mol. The van der Waals surface area contributed by atoms with E-state index in [-0.39, 0.29) is 5.15 Å². The van der Waals surface area contributed by atoms with Gasteiger partial charge in [0.2, 0.25) is 0 Å². The third-order valence-electron chi connectivity index (χ3n) is 2.42. The zero-order valence-corrected chi connectivity index (χ0v) is 11.1. The van der Waals surface area contributed by atoms with Gasteiger partial charge in [-0.3, -0.25) is 0 Å². The minimum Gasteiger partial charge on any atom is -0.463 e. The van der Waals surface area contributed by atoms with Crippen LogP contribution >= 0.6 is 34.8 Å². The van der Waals surface area contributed by atoms with Gasteiger partial charge in [-0.25, -0.2) is 9.97 Å². The van der Waals surface area contributed by atoms with Gasteiger partial charge in [0.25, 0.3) is 0 Å². The fraction of sp³-hybridized carbons (Fsp3) is 0. The summed E-state index contributed by atoms with van der Waals surface area (Å²) in [6.07, 6.45) is 1.55. The standard InChI is InChI=1S/C12H5Cl3N2O/c13-6-4-8-9(5-7(6)14)17-12(15)11(16-8)10-2-1-3-18-10/h1-5H. The summed E-state index contributed by atoms with van der Waals surface area (Å²) in [5.74, 6) is 0.556. The summed E-state index contributed by atoms with van der Waals surface area (Å²) in [5, 5.41) is 1.10. The number of nitrogens with zero attached hydrogens (tertiary/aromatic N) is 2. The third kappa shape index (κ3) is 1.94. The van der Waals surface area contributed by atoms with Crippen LogP contribution < -0.4 is 0 Å². The Bertz CT molecular complexity index is 726. The number of benzene rings is 1. The predicted octanol–water partition coefficient (Wildman–Crippen LogP) is 4.85. The zero-order valence-electron chi connectivity index (χ0n) is 8.82. The summed E-state index contributed by atoms with van der Waals surface area (Å²) in [4.78, 5) is 8.62. The number of hydrogen-bond donors (Lipinski definition) is 0. The highest BCUT2D eigenvalue weighted by Gasteiger charge is 2.12. The number of fused-ring (bicyclic) bond motifs is 1. The van der Waals surface area contributed by atoms with Crippen LogP contribution in [0.2, 0.25) is 15.2 Å². The molecule has 3 rings (SSSR count). The van der Waals surface area contributed by atoms with E-state index in [4.69, 9.17) is 39.2 Å². The van der Waals surface area contributed by atoms with Crippen LogP contribution in [0.4, 0.5) is 0 Å². The molecule has 0 saturated carbocycles. The van der Waals surface area contributed by atoms with Crippen molar-refractivity contribution in [2.24, 2.45) is 0 Å². The first-order valence-electron chi connectivity index (χ1n) is 5.01. The summed E-state index contributed by atoms with van der Waals surface area (Å²) in [6.45, 7) is 0. The van der Waals surface area contributed by atoms with Gasteiger partial charge in [-0.1, -0.05) is 34.8 Å². The predicted molar refractivity (Wildman–Crippen MR) is 72.3 cm³/mol. The van der Waals surface area contributed by atoms with Crippen LogP contribution in [0.25, 0.3) is 22.5 Å². The molecule has 0 fully saturated rings. The summed E-state index contributed by atoms with van der Waals surface area (Å²) < 4.78 is 5.26. The number of halogens is 3. The molecule has 3 aromatic rings. The van der Waals surface area contributed by atoms with Gasteiger partial charge in [0.15, 0.2) is 10.9 Å². The van der Waals surface area contributed by atoms with Gasteiger partial charge >= 0.3 is 0 Å². The summed E-state index contributed by atoms with van der Waals surface area (Å²) in [6, 6.07) is 6.80. The molecule has 0 saturated heterocycles. The second-order valence-electron chi connectivity index (χ2n) is 3.60. The molecule has 0 N–H and O–H groups in total. The Morgan fingerprint density at radius 2 is 1.61 bits per heavy atom. The fourth-order valence-electron chi connectivity index (χ4n) is 1.60. The minimum absolute atomic E-state index is 0.260. The van der Waals surface area contributed by atoms with Crippen LogP contribution in [-0.4, -0.2) is 9.97 Å². The van der Waals surface area contributed by atoms with Crippen molar-refractivity contribution in [3.63, 3.8) is 0 Å². The summed E-state index contributed by atoms with van der Waals surface area (Å²) in [5.41, 5.74) is 1.68. The molecule has 3 nitrogen and oxygen atoms in total. The highest BCUT2D eigenvalue weighted by Crippen LogP contribution is 2.31. The Kier molecular flexibility index (Phi) is 2.90. The van der Waals surface area contributed by atoms with E-state index >= 15 is 0 Å². The molecule has 2 heterocycles. The number of aromatic nitrogens is 2. The van der Waals surface area contributed by atoms with Crippen molar-refractivity contribution >= 4 is 45.8 Å². The highest BCUT2D eigenvalue weighted by molar-refractivity contribution is 6.42. The van der Waals surface area contributed by atoms with E-state index in [1.165, 1.54) is 0 Å². The first kappa shape index (κ1) is 11.8. The van der Waals surface area contributed by atoms with Gasteiger partial charge in [0.1, 0.15) is 5.69 Å². The average Bonchev–Trinajstić information content (AvgIpc) is 2.84. The lowest BCUT2D eigenvalue weighted by Gasteiger charge is -2.04. The van der Waals surface area contributed by atoms with Crippen molar-refractivity contribution in [2.75, 3.05) is 0 Å². The molecule has 0 amide bonds. The lowest BCUT2D eigenvalue weighted by Crippen LogP contribution is -1.90. The molecule has 2 aromatic heterocycles. The number of rotatable bonds is 1. The highest BCUT2D eigenvalue weighted by atomic mass is 35.5. The molecule has 0 bridgehead atoms. The van der Waals surface area contributed by atoms with Crippen LogP contribution in [-0.2, 0) is 0 Å². The molecule has 1 aromatic carbocycles. The van der Waals surface area contributed by atoms with Crippen molar-refractivity contribution in [1.29, 1.82) is 0 Å². The zero-order chi connectivity index (χ0) is 12.7. The Morgan fingerprint density at radius 3 is 2.22 bits per heavy atom. The van der Waals surface area contributed by atoms with Gasteiger partial charge in [0.05, 0.1) is 27.3 Å². The Morgan fingerprint density at radius 1 is 0.944 bits per heavy atom. The molecular weight excluding hydrogens is 295 g/mol. The normalized spacial score (nSPS) is 11.1. The summed E-state index contributed by atoms with van der Waals surface area (Å²) in [7, 11) is 0. The summed E-state index contributed by atoms with van der Waals surface area (Å²) >= 11 is 17.9. The molecule has 6 heteroatoms. The van der Waals surface area contributed by atoms with E-state index < -0.39 is 0 Å². The first-order valence-corrected chi connectivity index (χ1v) is 6.15. The third-order valence-corrected chi connectivity index (χ3v) is 3.40. The van der Waals surface area contributed by atoms with Gasteiger partial charge in [-0.05, 0) is 24.3 Å². The van der Waals surface area contributed by atoms with E-state index in [0.29, 0.717) is 32.5 Å². The minimum atomic E-state index is 0.260. The van der Waals surface area contributed by atoms with E-state index in [0.717, 1.165) is 0 Å². The Labute approximate surface area is 117 Å². The molecule has 18 heavy (non-hydrogen) atoms. The molecule has 90 valence electrons. The molecular formula is C12H5Cl3N2O. The maximum atomic E-state index is 6.08. The van der Waals surface area contributed by atoms with Crippen LogP contribution in [0.1, 0.15) is 0 Å².